The van der Waals surface area contributed by atoms with Crippen LogP contribution < -0.4 is 4.74 Å². The molecule has 1 aromatic carbocycles. The quantitative estimate of drug-likeness (QED) is 0.520. The van der Waals surface area contributed by atoms with Crippen molar-refractivity contribution in [2.24, 2.45) is 29.6 Å². The average Bonchev–Trinajstić information content (AvgIpc) is 2.64. The third-order valence-electron chi connectivity index (χ3n) is 7.22. The van der Waals surface area contributed by atoms with Crippen molar-refractivity contribution in [3.8, 4) is 5.75 Å². The molecule has 0 bridgehead atoms. The van der Waals surface area contributed by atoms with Crippen molar-refractivity contribution >= 4 is 0 Å². The lowest BCUT2D eigenvalue weighted by Gasteiger charge is -2.42. The van der Waals surface area contributed by atoms with Gasteiger partial charge in [0.05, 0.1) is 7.11 Å². The van der Waals surface area contributed by atoms with E-state index in [1.165, 1.54) is 39.2 Å². The Kier molecular flexibility index (Phi) is 6.81. The van der Waals surface area contributed by atoms with E-state index in [1.54, 1.807) is 12.1 Å². The van der Waals surface area contributed by atoms with Gasteiger partial charge >= 0.3 is 0 Å². The maximum Gasteiger partial charge on any atom is 0.200 e. The van der Waals surface area contributed by atoms with Crippen molar-refractivity contribution in [1.29, 1.82) is 0 Å². The Labute approximate surface area is 163 Å². The maximum absolute atomic E-state index is 14.8. The first-order valence-electron chi connectivity index (χ1n) is 10.9. The number of rotatable bonds is 5. The molecular weight excluding hydrogens is 342 g/mol. The van der Waals surface area contributed by atoms with Crippen LogP contribution in [-0.4, -0.2) is 7.11 Å². The van der Waals surface area contributed by atoms with Gasteiger partial charge in [0.1, 0.15) is 0 Å². The number of benzene rings is 1. The van der Waals surface area contributed by atoms with E-state index in [-0.39, 0.29) is 11.7 Å². The number of hydrogen-bond acceptors (Lipinski definition) is 1. The SMILES string of the molecule is COc1ccc(C2CCC(C3CCC(C)CC3)CC2CC(C)C)c(F)c1F. The molecule has 2 saturated carbocycles. The first-order chi connectivity index (χ1) is 12.9. The Morgan fingerprint density at radius 2 is 1.63 bits per heavy atom. The van der Waals surface area contributed by atoms with Gasteiger partial charge in [-0.2, -0.15) is 4.39 Å². The second-order valence-corrected chi connectivity index (χ2v) is 9.57. The zero-order valence-corrected chi connectivity index (χ0v) is 17.4. The van der Waals surface area contributed by atoms with Gasteiger partial charge in [-0.1, -0.05) is 39.7 Å². The van der Waals surface area contributed by atoms with Gasteiger partial charge in [-0.15, -0.1) is 0 Å². The monoisotopic (exact) mass is 378 g/mol. The highest BCUT2D eigenvalue weighted by molar-refractivity contribution is 5.33. The van der Waals surface area contributed by atoms with Crippen LogP contribution in [0.2, 0.25) is 0 Å². The third-order valence-corrected chi connectivity index (χ3v) is 7.22. The fraction of sp³-hybridized carbons (Fsp3) is 0.750. The minimum atomic E-state index is -0.832. The molecule has 2 fully saturated rings. The number of ether oxygens (including phenoxy) is 1. The summed E-state index contributed by atoms with van der Waals surface area (Å²) in [6.07, 6.45) is 9.84. The van der Waals surface area contributed by atoms with E-state index in [4.69, 9.17) is 4.74 Å². The normalized spacial score (nSPS) is 31.9. The van der Waals surface area contributed by atoms with Crippen LogP contribution in [-0.2, 0) is 0 Å². The summed E-state index contributed by atoms with van der Waals surface area (Å²) in [6.45, 7) is 6.86. The zero-order chi connectivity index (χ0) is 19.6. The molecule has 0 aromatic heterocycles. The van der Waals surface area contributed by atoms with Gasteiger partial charge in [0.25, 0.3) is 0 Å². The minimum Gasteiger partial charge on any atom is -0.494 e. The summed E-state index contributed by atoms with van der Waals surface area (Å²) in [6, 6.07) is 3.35. The molecule has 0 heterocycles. The molecule has 27 heavy (non-hydrogen) atoms. The average molecular weight is 379 g/mol. The largest absolute Gasteiger partial charge is 0.494 e. The minimum absolute atomic E-state index is 0.00155. The number of methoxy groups -OCH3 is 1. The number of halogens is 2. The molecular formula is C24H36F2O. The fourth-order valence-electron chi connectivity index (χ4n) is 5.75. The molecule has 2 aliphatic carbocycles. The molecule has 152 valence electrons. The summed E-state index contributed by atoms with van der Waals surface area (Å²) in [5.41, 5.74) is 0.565. The van der Waals surface area contributed by atoms with E-state index in [0.717, 1.165) is 37.0 Å². The Bertz CT molecular complexity index is 619. The van der Waals surface area contributed by atoms with Gasteiger partial charge in [-0.3, -0.25) is 0 Å². The lowest BCUT2D eigenvalue weighted by molar-refractivity contribution is 0.118. The first-order valence-corrected chi connectivity index (χ1v) is 10.9. The predicted molar refractivity (Wildman–Crippen MR) is 107 cm³/mol. The number of hydrogen-bond donors (Lipinski definition) is 0. The van der Waals surface area contributed by atoms with Crippen LogP contribution in [0.4, 0.5) is 8.78 Å². The standard InChI is InChI=1S/C24H36F2O/c1-15(2)13-19-14-18(17-7-5-16(3)6-8-17)9-10-20(19)21-11-12-22(27-4)24(26)23(21)25/h11-12,15-20H,5-10,13-14H2,1-4H3. The van der Waals surface area contributed by atoms with Gasteiger partial charge < -0.3 is 4.74 Å². The van der Waals surface area contributed by atoms with Gasteiger partial charge in [-0.25, -0.2) is 4.39 Å². The molecule has 0 aliphatic heterocycles. The molecule has 0 amide bonds. The third kappa shape index (κ3) is 4.66. The van der Waals surface area contributed by atoms with Crippen LogP contribution in [0.25, 0.3) is 0 Å². The molecule has 3 heteroatoms. The van der Waals surface area contributed by atoms with Crippen molar-refractivity contribution < 1.29 is 13.5 Å². The predicted octanol–water partition coefficient (Wildman–Crippen LogP) is 7.35. The van der Waals surface area contributed by atoms with Crippen LogP contribution in [0, 0.1) is 41.2 Å². The Morgan fingerprint density at radius 3 is 2.26 bits per heavy atom. The highest BCUT2D eigenvalue weighted by atomic mass is 19.2. The van der Waals surface area contributed by atoms with Crippen LogP contribution in [0.3, 0.4) is 0 Å². The molecule has 0 radical (unpaired) electrons. The highest BCUT2D eigenvalue weighted by Gasteiger charge is 2.37. The van der Waals surface area contributed by atoms with Gasteiger partial charge in [0.15, 0.2) is 11.6 Å². The lowest BCUT2D eigenvalue weighted by atomic mass is 9.63. The van der Waals surface area contributed by atoms with Gasteiger partial charge in [0, 0.05) is 0 Å². The molecule has 3 rings (SSSR count). The van der Waals surface area contributed by atoms with E-state index in [0.29, 0.717) is 17.4 Å². The molecule has 1 nitrogen and oxygen atoms in total. The Morgan fingerprint density at radius 1 is 0.963 bits per heavy atom. The lowest BCUT2D eigenvalue weighted by Crippen LogP contribution is -2.31. The molecule has 0 spiro atoms. The van der Waals surface area contributed by atoms with Crippen molar-refractivity contribution in [2.75, 3.05) is 7.11 Å². The molecule has 1 aromatic rings. The second kappa shape index (κ2) is 8.92. The summed E-state index contributed by atoms with van der Waals surface area (Å²) in [7, 11) is 1.38. The van der Waals surface area contributed by atoms with Gasteiger partial charge in [-0.05, 0) is 85.7 Å². The van der Waals surface area contributed by atoms with Crippen LogP contribution in [0.1, 0.15) is 83.6 Å². The highest BCUT2D eigenvalue weighted by Crippen LogP contribution is 2.49. The van der Waals surface area contributed by atoms with E-state index >= 15 is 0 Å². The second-order valence-electron chi connectivity index (χ2n) is 9.57. The van der Waals surface area contributed by atoms with E-state index in [2.05, 4.69) is 20.8 Å². The van der Waals surface area contributed by atoms with Crippen molar-refractivity contribution in [1.82, 2.24) is 0 Å². The van der Waals surface area contributed by atoms with Crippen molar-refractivity contribution in [2.45, 2.75) is 78.1 Å². The summed E-state index contributed by atoms with van der Waals surface area (Å²) >= 11 is 0. The van der Waals surface area contributed by atoms with Gasteiger partial charge in [0.2, 0.25) is 5.82 Å². The summed E-state index contributed by atoms with van der Waals surface area (Å²) in [5.74, 6) is 2.12. The first kappa shape index (κ1) is 20.6. The molecule has 2 aliphatic rings. The molecule has 3 atom stereocenters. The molecule has 0 saturated heterocycles. The van der Waals surface area contributed by atoms with Crippen LogP contribution in [0.5, 0.6) is 5.75 Å². The Balaban J connectivity index is 1.79. The van der Waals surface area contributed by atoms with E-state index in [1.807, 2.05) is 0 Å². The topological polar surface area (TPSA) is 9.23 Å². The molecule has 3 unspecified atom stereocenters. The molecule has 0 N–H and O–H groups in total. The van der Waals surface area contributed by atoms with Crippen molar-refractivity contribution in [3.05, 3.63) is 29.3 Å². The smallest absolute Gasteiger partial charge is 0.200 e. The van der Waals surface area contributed by atoms with E-state index in [9.17, 15) is 8.78 Å². The Hall–Kier alpha value is -1.12. The van der Waals surface area contributed by atoms with E-state index < -0.39 is 11.6 Å². The fourth-order valence-corrected chi connectivity index (χ4v) is 5.75. The zero-order valence-electron chi connectivity index (χ0n) is 17.4. The summed E-state index contributed by atoms with van der Waals surface area (Å²) in [4.78, 5) is 0. The summed E-state index contributed by atoms with van der Waals surface area (Å²) in [5, 5.41) is 0. The van der Waals surface area contributed by atoms with Crippen LogP contribution in [0.15, 0.2) is 12.1 Å². The maximum atomic E-state index is 14.8. The van der Waals surface area contributed by atoms with Crippen LogP contribution >= 0.6 is 0 Å². The van der Waals surface area contributed by atoms with Crippen molar-refractivity contribution in [3.63, 3.8) is 0 Å². The summed E-state index contributed by atoms with van der Waals surface area (Å²) < 4.78 is 34.0.